The Hall–Kier alpha value is -1.51. The molecule has 1 aromatic heterocycles. The Morgan fingerprint density at radius 1 is 1.10 bits per heavy atom. The first-order valence-corrected chi connectivity index (χ1v) is 7.02. The predicted octanol–water partition coefficient (Wildman–Crippen LogP) is 5.75. The van der Waals surface area contributed by atoms with E-state index in [0.29, 0.717) is 16.3 Å². The van der Waals surface area contributed by atoms with Crippen molar-refractivity contribution in [2.45, 2.75) is 11.8 Å². The van der Waals surface area contributed by atoms with Gasteiger partial charge in [0.25, 0.3) is 0 Å². The molecule has 0 spiro atoms. The van der Waals surface area contributed by atoms with Crippen molar-refractivity contribution in [3.8, 4) is 0 Å². The van der Waals surface area contributed by atoms with E-state index in [9.17, 15) is 4.39 Å². The molecule has 2 aromatic carbocycles. The monoisotopic (exact) mass is 308 g/mol. The Morgan fingerprint density at radius 3 is 2.65 bits per heavy atom. The average Bonchev–Trinajstić information content (AvgIpc) is 2.87. The molecule has 102 valence electrons. The summed E-state index contributed by atoms with van der Waals surface area (Å²) in [6.07, 6.45) is 0.285. The highest BCUT2D eigenvalue weighted by atomic mass is 35.5. The lowest BCUT2D eigenvalue weighted by atomic mass is 10.1. The first-order chi connectivity index (χ1) is 9.65. The molecule has 1 unspecified atom stereocenters. The number of rotatable bonds is 3. The minimum atomic E-state index is -0.461. The van der Waals surface area contributed by atoms with Gasteiger partial charge in [-0.25, -0.2) is 4.39 Å². The number of hydrogen-bond donors (Lipinski definition) is 0. The van der Waals surface area contributed by atoms with E-state index in [0.717, 1.165) is 11.0 Å². The lowest BCUT2D eigenvalue weighted by molar-refractivity contribution is 0.534. The van der Waals surface area contributed by atoms with Gasteiger partial charge in [0.2, 0.25) is 0 Å². The minimum Gasteiger partial charge on any atom is -0.459 e. The SMILES string of the molecule is Fc1cccc(Cl)c1CC(Cl)c1cc2ccccc2o1. The maximum absolute atomic E-state index is 13.8. The van der Waals surface area contributed by atoms with Crippen LogP contribution in [-0.2, 0) is 6.42 Å². The van der Waals surface area contributed by atoms with Crippen LogP contribution in [0.2, 0.25) is 5.02 Å². The van der Waals surface area contributed by atoms with Crippen molar-refractivity contribution in [2.75, 3.05) is 0 Å². The molecule has 0 saturated heterocycles. The highest BCUT2D eigenvalue weighted by molar-refractivity contribution is 6.31. The van der Waals surface area contributed by atoms with E-state index in [-0.39, 0.29) is 12.2 Å². The second kappa shape index (κ2) is 5.47. The van der Waals surface area contributed by atoms with Crippen LogP contribution >= 0.6 is 23.2 Å². The summed E-state index contributed by atoms with van der Waals surface area (Å²) in [7, 11) is 0. The van der Waals surface area contributed by atoms with Crippen LogP contribution in [-0.4, -0.2) is 0 Å². The zero-order valence-electron chi connectivity index (χ0n) is 10.4. The van der Waals surface area contributed by atoms with Crippen LogP contribution in [0, 0.1) is 5.82 Å². The maximum Gasteiger partial charge on any atom is 0.134 e. The molecule has 0 bridgehead atoms. The summed E-state index contributed by atoms with van der Waals surface area (Å²) in [6, 6.07) is 14.1. The first kappa shape index (κ1) is 13.5. The zero-order valence-corrected chi connectivity index (χ0v) is 12.0. The van der Waals surface area contributed by atoms with Crippen molar-refractivity contribution in [3.05, 3.63) is 70.7 Å². The Morgan fingerprint density at radius 2 is 1.90 bits per heavy atom. The summed E-state index contributed by atoms with van der Waals surface area (Å²) in [6.45, 7) is 0. The van der Waals surface area contributed by atoms with Gasteiger partial charge in [-0.15, -0.1) is 11.6 Å². The number of halogens is 3. The first-order valence-electron chi connectivity index (χ1n) is 6.20. The molecule has 0 aliphatic rings. The molecule has 1 heterocycles. The standard InChI is InChI=1S/C16H11Cl2FO/c17-12-5-3-6-14(19)11(12)9-13(18)16-8-10-4-1-2-7-15(10)20-16/h1-8,13H,9H2. The molecule has 3 rings (SSSR count). The van der Waals surface area contributed by atoms with Gasteiger partial charge in [0.05, 0.1) is 5.38 Å². The molecule has 0 fully saturated rings. The summed E-state index contributed by atoms with van der Waals surface area (Å²) in [5.41, 5.74) is 1.18. The van der Waals surface area contributed by atoms with E-state index in [1.165, 1.54) is 6.07 Å². The molecule has 1 nitrogen and oxygen atoms in total. The van der Waals surface area contributed by atoms with Gasteiger partial charge in [0.15, 0.2) is 0 Å². The van der Waals surface area contributed by atoms with Crippen molar-refractivity contribution in [1.29, 1.82) is 0 Å². The van der Waals surface area contributed by atoms with Crippen molar-refractivity contribution in [3.63, 3.8) is 0 Å². The Bertz CT molecular complexity index is 698. The Kier molecular flexibility index (Phi) is 3.68. The highest BCUT2D eigenvalue weighted by Gasteiger charge is 2.18. The van der Waals surface area contributed by atoms with Crippen LogP contribution in [0.1, 0.15) is 16.7 Å². The summed E-state index contributed by atoms with van der Waals surface area (Å²) in [5, 5.41) is 0.899. The van der Waals surface area contributed by atoms with E-state index in [4.69, 9.17) is 27.6 Å². The summed E-state index contributed by atoms with van der Waals surface area (Å²) >= 11 is 12.3. The molecule has 0 aliphatic heterocycles. The topological polar surface area (TPSA) is 13.1 Å². The van der Waals surface area contributed by atoms with E-state index in [1.807, 2.05) is 30.3 Å². The summed E-state index contributed by atoms with van der Waals surface area (Å²) in [5.74, 6) is 0.270. The smallest absolute Gasteiger partial charge is 0.134 e. The number of benzene rings is 2. The molecule has 0 N–H and O–H groups in total. The molecule has 3 aromatic rings. The van der Waals surface area contributed by atoms with Gasteiger partial charge in [-0.1, -0.05) is 35.9 Å². The molecule has 1 atom stereocenters. The van der Waals surface area contributed by atoms with Crippen LogP contribution in [0.4, 0.5) is 4.39 Å². The maximum atomic E-state index is 13.8. The number of fused-ring (bicyclic) bond motifs is 1. The van der Waals surface area contributed by atoms with Crippen molar-refractivity contribution >= 4 is 34.2 Å². The number of para-hydroxylation sites is 1. The summed E-state index contributed by atoms with van der Waals surface area (Å²) in [4.78, 5) is 0. The second-order valence-corrected chi connectivity index (χ2v) is 5.49. The van der Waals surface area contributed by atoms with Gasteiger partial charge in [-0.05, 0) is 24.3 Å². The van der Waals surface area contributed by atoms with Crippen LogP contribution < -0.4 is 0 Å². The highest BCUT2D eigenvalue weighted by Crippen LogP contribution is 2.32. The fourth-order valence-corrected chi connectivity index (χ4v) is 2.67. The molecule has 0 saturated carbocycles. The van der Waals surface area contributed by atoms with Gasteiger partial charge in [0.1, 0.15) is 17.2 Å². The fourth-order valence-electron chi connectivity index (χ4n) is 2.16. The van der Waals surface area contributed by atoms with Crippen LogP contribution in [0.5, 0.6) is 0 Å². The molecule has 0 amide bonds. The van der Waals surface area contributed by atoms with E-state index < -0.39 is 5.38 Å². The lowest BCUT2D eigenvalue weighted by Gasteiger charge is -2.09. The van der Waals surface area contributed by atoms with Gasteiger partial charge in [-0.2, -0.15) is 0 Å². The molecular formula is C16H11Cl2FO. The third kappa shape index (κ3) is 2.54. The largest absolute Gasteiger partial charge is 0.459 e. The molecular weight excluding hydrogens is 298 g/mol. The number of hydrogen-bond acceptors (Lipinski definition) is 1. The third-order valence-corrected chi connectivity index (χ3v) is 3.92. The van der Waals surface area contributed by atoms with Gasteiger partial charge in [0, 0.05) is 22.4 Å². The van der Waals surface area contributed by atoms with Crippen LogP contribution in [0.15, 0.2) is 52.9 Å². The van der Waals surface area contributed by atoms with Gasteiger partial charge < -0.3 is 4.42 Å². The summed E-state index contributed by atoms with van der Waals surface area (Å²) < 4.78 is 19.4. The van der Waals surface area contributed by atoms with E-state index in [2.05, 4.69) is 0 Å². The molecule has 4 heteroatoms. The molecule has 20 heavy (non-hydrogen) atoms. The lowest BCUT2D eigenvalue weighted by Crippen LogP contribution is -1.98. The number of furan rings is 1. The van der Waals surface area contributed by atoms with E-state index in [1.54, 1.807) is 12.1 Å². The minimum absolute atomic E-state index is 0.285. The van der Waals surface area contributed by atoms with Crippen LogP contribution in [0.25, 0.3) is 11.0 Å². The average molecular weight is 309 g/mol. The van der Waals surface area contributed by atoms with Crippen LogP contribution in [0.3, 0.4) is 0 Å². The normalized spacial score (nSPS) is 12.8. The zero-order chi connectivity index (χ0) is 14.1. The Balaban J connectivity index is 1.91. The van der Waals surface area contributed by atoms with Gasteiger partial charge in [-0.3, -0.25) is 0 Å². The predicted molar refractivity (Wildman–Crippen MR) is 79.9 cm³/mol. The van der Waals surface area contributed by atoms with Crippen molar-refractivity contribution in [2.24, 2.45) is 0 Å². The third-order valence-electron chi connectivity index (χ3n) is 3.20. The molecule has 0 aliphatic carbocycles. The van der Waals surface area contributed by atoms with E-state index >= 15 is 0 Å². The molecule has 0 radical (unpaired) electrons. The quantitative estimate of drug-likeness (QED) is 0.562. The fraction of sp³-hybridized carbons (Fsp3) is 0.125. The Labute approximate surface area is 125 Å². The second-order valence-electron chi connectivity index (χ2n) is 4.56. The van der Waals surface area contributed by atoms with Gasteiger partial charge >= 0.3 is 0 Å². The number of alkyl halides is 1. The van der Waals surface area contributed by atoms with Crippen molar-refractivity contribution < 1.29 is 8.81 Å². The van der Waals surface area contributed by atoms with Crippen molar-refractivity contribution in [1.82, 2.24) is 0 Å².